The highest BCUT2D eigenvalue weighted by molar-refractivity contribution is 5.86. The lowest BCUT2D eigenvalue weighted by atomic mass is 10.1. The number of fused-ring (bicyclic) bond motifs is 1. The Morgan fingerprint density at radius 3 is 2.54 bits per heavy atom. The highest BCUT2D eigenvalue weighted by atomic mass is 35.5. The lowest BCUT2D eigenvalue weighted by Crippen LogP contribution is -2.14. The summed E-state index contributed by atoms with van der Waals surface area (Å²) in [4.78, 5) is 12.5. The second-order valence-electron chi connectivity index (χ2n) is 6.01. The number of imidazole rings is 1. The Morgan fingerprint density at radius 2 is 1.88 bits per heavy atom. The van der Waals surface area contributed by atoms with Crippen molar-refractivity contribution in [3.63, 3.8) is 0 Å². The molecule has 0 spiro atoms. The van der Waals surface area contributed by atoms with Crippen molar-refractivity contribution >= 4 is 29.4 Å². The summed E-state index contributed by atoms with van der Waals surface area (Å²) in [5.41, 5.74) is 5.26. The molecule has 0 unspecified atom stereocenters. The molecule has 0 aliphatic rings. The lowest BCUT2D eigenvalue weighted by Gasteiger charge is -2.06. The molecule has 2 heterocycles. The molecule has 0 atom stereocenters. The smallest absolute Gasteiger partial charge is 0.209 e. The number of nitrogen functional groups attached to an aromatic ring is 1. The topological polar surface area (TPSA) is 89.9 Å². The second-order valence-corrected chi connectivity index (χ2v) is 6.01. The third-order valence-corrected chi connectivity index (χ3v) is 3.42. The van der Waals surface area contributed by atoms with Gasteiger partial charge < -0.3 is 15.4 Å². The lowest BCUT2D eigenvalue weighted by molar-refractivity contribution is 0.143. The Balaban J connectivity index is 0.00000243. The van der Waals surface area contributed by atoms with Crippen LogP contribution in [0.4, 0.5) is 14.6 Å². The van der Waals surface area contributed by atoms with Gasteiger partial charge in [0.05, 0.1) is 5.56 Å². The van der Waals surface area contributed by atoms with Gasteiger partial charge in [0.25, 0.3) is 0 Å². The number of anilines is 1. The van der Waals surface area contributed by atoms with Crippen molar-refractivity contribution in [2.45, 2.75) is 19.4 Å². The summed E-state index contributed by atoms with van der Waals surface area (Å²) in [6.45, 7) is 3.05. The Bertz CT molecular complexity index is 1050. The molecular formula is C17H16ClF2N5O. The third-order valence-electron chi connectivity index (χ3n) is 3.42. The fraction of sp³-hybridized carbons (Fsp3) is 0.235. The highest BCUT2D eigenvalue weighted by Crippen LogP contribution is 2.27. The van der Waals surface area contributed by atoms with E-state index in [1.165, 1.54) is 30.5 Å². The van der Waals surface area contributed by atoms with Crippen LogP contribution in [0.15, 0.2) is 18.2 Å². The first-order valence-corrected chi connectivity index (χ1v) is 7.37. The molecule has 0 amide bonds. The van der Waals surface area contributed by atoms with Gasteiger partial charge >= 0.3 is 0 Å². The first kappa shape index (κ1) is 19.6. The standard InChI is InChI=1S/C17H15F2N5O.ClH/c1-17(2,25)8-7-11-21-14(20)13-16(22-11)24(3)15(23-13)9-5-4-6-10(18)12(9)19;/h4-6,25H,1-3H3,(H2,20,21,22);1H. The first-order chi connectivity index (χ1) is 11.7. The summed E-state index contributed by atoms with van der Waals surface area (Å²) in [6.07, 6.45) is 0. The molecule has 0 aliphatic carbocycles. The number of rotatable bonds is 1. The molecule has 3 rings (SSSR count). The normalized spacial score (nSPS) is 11.0. The van der Waals surface area contributed by atoms with Gasteiger partial charge in [-0.05, 0) is 31.9 Å². The summed E-state index contributed by atoms with van der Waals surface area (Å²) in [6, 6.07) is 3.83. The van der Waals surface area contributed by atoms with Crippen molar-refractivity contribution in [1.29, 1.82) is 0 Å². The van der Waals surface area contributed by atoms with Crippen LogP contribution in [0.25, 0.3) is 22.6 Å². The van der Waals surface area contributed by atoms with Crippen LogP contribution in [0.5, 0.6) is 0 Å². The SMILES string of the molecule is Cl.Cn1c(-c2cccc(F)c2F)nc2c(N)nc(C#CC(C)(C)O)nc21. The quantitative estimate of drug-likeness (QED) is 0.634. The monoisotopic (exact) mass is 379 g/mol. The number of nitrogens with zero attached hydrogens (tertiary/aromatic N) is 4. The molecule has 0 bridgehead atoms. The van der Waals surface area contributed by atoms with E-state index in [9.17, 15) is 13.9 Å². The maximum atomic E-state index is 14.1. The van der Waals surface area contributed by atoms with Gasteiger partial charge in [-0.1, -0.05) is 12.0 Å². The van der Waals surface area contributed by atoms with Crippen LogP contribution in [0.1, 0.15) is 19.7 Å². The van der Waals surface area contributed by atoms with E-state index in [0.717, 1.165) is 6.07 Å². The maximum absolute atomic E-state index is 14.1. The fourth-order valence-corrected chi connectivity index (χ4v) is 2.26. The molecule has 2 aromatic heterocycles. The highest BCUT2D eigenvalue weighted by Gasteiger charge is 2.19. The summed E-state index contributed by atoms with van der Waals surface area (Å²) in [5, 5.41) is 9.67. The van der Waals surface area contributed by atoms with Crippen LogP contribution in [0.2, 0.25) is 0 Å². The van der Waals surface area contributed by atoms with Crippen LogP contribution >= 0.6 is 12.4 Å². The molecule has 136 valence electrons. The zero-order valence-corrected chi connectivity index (χ0v) is 15.0. The molecule has 26 heavy (non-hydrogen) atoms. The van der Waals surface area contributed by atoms with Crippen molar-refractivity contribution < 1.29 is 13.9 Å². The molecular weight excluding hydrogens is 364 g/mol. The van der Waals surface area contributed by atoms with Gasteiger partial charge in [0.1, 0.15) is 11.4 Å². The van der Waals surface area contributed by atoms with Crippen LogP contribution in [-0.2, 0) is 7.05 Å². The number of halogens is 3. The summed E-state index contributed by atoms with van der Waals surface area (Å²) in [5.74, 6) is 3.57. The fourth-order valence-electron chi connectivity index (χ4n) is 2.26. The predicted molar refractivity (Wildman–Crippen MR) is 96.5 cm³/mol. The van der Waals surface area contributed by atoms with Crippen molar-refractivity contribution in [3.8, 4) is 23.2 Å². The minimum atomic E-state index is -1.21. The zero-order chi connectivity index (χ0) is 18.4. The van der Waals surface area contributed by atoms with Gasteiger partial charge in [-0.15, -0.1) is 12.4 Å². The third kappa shape index (κ3) is 3.59. The van der Waals surface area contributed by atoms with E-state index in [0.29, 0.717) is 5.65 Å². The minimum absolute atomic E-state index is 0. The Hall–Kier alpha value is -2.76. The van der Waals surface area contributed by atoms with E-state index in [-0.39, 0.29) is 41.0 Å². The van der Waals surface area contributed by atoms with Crippen molar-refractivity contribution in [1.82, 2.24) is 19.5 Å². The Kier molecular flexibility index (Phi) is 5.16. The molecule has 0 aliphatic heterocycles. The average molecular weight is 380 g/mol. The minimum Gasteiger partial charge on any atom is -0.382 e. The number of aliphatic hydroxyl groups is 1. The molecule has 0 saturated heterocycles. The number of hydrogen-bond donors (Lipinski definition) is 2. The number of hydrogen-bond acceptors (Lipinski definition) is 5. The van der Waals surface area contributed by atoms with Gasteiger partial charge in [0.15, 0.2) is 28.6 Å². The molecule has 1 aromatic carbocycles. The van der Waals surface area contributed by atoms with Crippen molar-refractivity contribution in [2.75, 3.05) is 5.73 Å². The molecule has 0 saturated carbocycles. The first-order valence-electron chi connectivity index (χ1n) is 7.37. The molecule has 9 heteroatoms. The van der Waals surface area contributed by atoms with Crippen molar-refractivity contribution in [3.05, 3.63) is 35.7 Å². The van der Waals surface area contributed by atoms with E-state index in [2.05, 4.69) is 26.8 Å². The molecule has 0 radical (unpaired) electrons. The van der Waals surface area contributed by atoms with Gasteiger partial charge in [0.2, 0.25) is 5.82 Å². The summed E-state index contributed by atoms with van der Waals surface area (Å²) >= 11 is 0. The van der Waals surface area contributed by atoms with Gasteiger partial charge in [-0.2, -0.15) is 0 Å². The number of benzene rings is 1. The van der Waals surface area contributed by atoms with Crippen molar-refractivity contribution in [2.24, 2.45) is 7.05 Å². The van der Waals surface area contributed by atoms with E-state index >= 15 is 0 Å². The Labute approximate surface area is 154 Å². The van der Waals surface area contributed by atoms with E-state index in [4.69, 9.17) is 5.73 Å². The van der Waals surface area contributed by atoms with Crippen LogP contribution in [-0.4, -0.2) is 30.2 Å². The van der Waals surface area contributed by atoms with E-state index in [1.54, 1.807) is 7.05 Å². The van der Waals surface area contributed by atoms with E-state index in [1.807, 2.05) is 0 Å². The molecule has 3 N–H and O–H groups in total. The second kappa shape index (κ2) is 6.86. The van der Waals surface area contributed by atoms with E-state index < -0.39 is 17.2 Å². The number of nitrogens with two attached hydrogens (primary N) is 1. The van der Waals surface area contributed by atoms with Gasteiger partial charge in [0, 0.05) is 7.05 Å². The Morgan fingerprint density at radius 1 is 1.19 bits per heavy atom. The van der Waals surface area contributed by atoms with Gasteiger partial charge in [-0.3, -0.25) is 0 Å². The van der Waals surface area contributed by atoms with Crippen LogP contribution in [0, 0.1) is 23.5 Å². The maximum Gasteiger partial charge on any atom is 0.209 e. The molecule has 0 fully saturated rings. The summed E-state index contributed by atoms with van der Waals surface area (Å²) in [7, 11) is 1.61. The predicted octanol–water partition coefficient (Wildman–Crippen LogP) is 2.43. The number of aryl methyl sites for hydroxylation is 1. The largest absolute Gasteiger partial charge is 0.382 e. The van der Waals surface area contributed by atoms with Gasteiger partial charge in [-0.25, -0.2) is 23.7 Å². The molecule has 6 nitrogen and oxygen atoms in total. The average Bonchev–Trinajstić information content (AvgIpc) is 2.85. The summed E-state index contributed by atoms with van der Waals surface area (Å²) < 4.78 is 29.1. The van der Waals surface area contributed by atoms with Crippen LogP contribution in [0.3, 0.4) is 0 Å². The van der Waals surface area contributed by atoms with Crippen LogP contribution < -0.4 is 5.73 Å². The molecule has 3 aromatic rings. The number of aromatic nitrogens is 4. The zero-order valence-electron chi connectivity index (χ0n) is 14.2.